The molecule has 0 bridgehead atoms. The van der Waals surface area contributed by atoms with E-state index >= 15 is 0 Å². The molecule has 0 spiro atoms. The average Bonchev–Trinajstić information content (AvgIpc) is 2.21. The van der Waals surface area contributed by atoms with Gasteiger partial charge in [-0.1, -0.05) is 0 Å². The molecule has 0 fully saturated rings. The third kappa shape index (κ3) is 2.43. The minimum Gasteiger partial charge on any atom is -0.396 e. The Morgan fingerprint density at radius 2 is 2.43 bits per heavy atom. The molecule has 1 amide bonds. The number of anilines is 1. The van der Waals surface area contributed by atoms with Crippen molar-refractivity contribution in [3.8, 4) is 0 Å². The molecule has 0 radical (unpaired) electrons. The molecule has 5 heteroatoms. The maximum absolute atomic E-state index is 10.2. The topological polar surface area (TPSA) is 62.4 Å². The molecule has 0 unspecified atom stereocenters. The Bertz CT molecular complexity index is 315. The predicted octanol–water partition coefficient (Wildman–Crippen LogP) is -0.864. The number of aromatic nitrogens is 1. The number of hydrogen-bond donors (Lipinski definition) is 2. The molecular formula is C9H13N2O3+. The van der Waals surface area contributed by atoms with Crippen LogP contribution in [0.3, 0.4) is 0 Å². The van der Waals surface area contributed by atoms with E-state index in [1.54, 1.807) is 18.3 Å². The van der Waals surface area contributed by atoms with Crippen molar-refractivity contribution in [1.29, 1.82) is 0 Å². The van der Waals surface area contributed by atoms with Gasteiger partial charge in [0.05, 0.1) is 13.0 Å². The zero-order valence-electron chi connectivity index (χ0n) is 7.93. The third-order valence-corrected chi connectivity index (χ3v) is 1.78. The van der Waals surface area contributed by atoms with Crippen molar-refractivity contribution in [2.24, 2.45) is 0 Å². The molecule has 0 aromatic carbocycles. The summed E-state index contributed by atoms with van der Waals surface area (Å²) in [6.45, 7) is 0.0593. The Morgan fingerprint density at radius 3 is 3.00 bits per heavy atom. The SMILES string of the molecule is CO[n+]1cc(NC=O)ccc1CCO. The quantitative estimate of drug-likeness (QED) is 0.476. The van der Waals surface area contributed by atoms with Gasteiger partial charge in [0.15, 0.2) is 0 Å². The number of carbonyl (C=O) groups excluding carboxylic acids is 1. The molecular weight excluding hydrogens is 184 g/mol. The van der Waals surface area contributed by atoms with Crippen molar-refractivity contribution in [2.45, 2.75) is 6.42 Å². The van der Waals surface area contributed by atoms with E-state index in [1.807, 2.05) is 0 Å². The molecule has 0 aliphatic rings. The standard InChI is InChI=1S/C9H12N2O3/c1-14-11-6-8(10-7-13)2-3-9(11)4-5-12/h2-3,6-7,12H,4-5H2,1H3/p+1. The summed E-state index contributed by atoms with van der Waals surface area (Å²) in [5.41, 5.74) is 1.48. The summed E-state index contributed by atoms with van der Waals surface area (Å²) in [7, 11) is 1.52. The highest BCUT2D eigenvalue weighted by Gasteiger charge is 2.11. The molecule has 1 rings (SSSR count). The van der Waals surface area contributed by atoms with Crippen LogP contribution in [-0.4, -0.2) is 25.2 Å². The lowest BCUT2D eigenvalue weighted by atomic mass is 10.2. The highest BCUT2D eigenvalue weighted by Crippen LogP contribution is 2.03. The fourth-order valence-electron chi connectivity index (χ4n) is 1.14. The number of aliphatic hydroxyl groups is 1. The fourth-order valence-corrected chi connectivity index (χ4v) is 1.14. The molecule has 1 heterocycles. The summed E-state index contributed by atoms with van der Waals surface area (Å²) in [4.78, 5) is 15.2. The maximum atomic E-state index is 10.2. The predicted molar refractivity (Wildman–Crippen MR) is 49.6 cm³/mol. The zero-order chi connectivity index (χ0) is 10.4. The first kappa shape index (κ1) is 10.5. The van der Waals surface area contributed by atoms with Gasteiger partial charge < -0.3 is 10.4 Å². The van der Waals surface area contributed by atoms with Crippen LogP contribution >= 0.6 is 0 Å². The van der Waals surface area contributed by atoms with Gasteiger partial charge >= 0.3 is 0 Å². The second-order valence-electron chi connectivity index (χ2n) is 2.65. The molecule has 0 atom stereocenters. The number of amides is 1. The Hall–Kier alpha value is -1.62. The lowest BCUT2D eigenvalue weighted by Gasteiger charge is -2.00. The van der Waals surface area contributed by atoms with E-state index in [4.69, 9.17) is 9.94 Å². The molecule has 0 aliphatic carbocycles. The van der Waals surface area contributed by atoms with E-state index in [0.29, 0.717) is 18.5 Å². The van der Waals surface area contributed by atoms with Gasteiger partial charge in [-0.3, -0.25) is 9.63 Å². The van der Waals surface area contributed by atoms with Gasteiger partial charge in [0.25, 0.3) is 0 Å². The largest absolute Gasteiger partial charge is 0.396 e. The smallest absolute Gasteiger partial charge is 0.246 e. The van der Waals surface area contributed by atoms with Crippen LogP contribution in [0.15, 0.2) is 18.3 Å². The number of aliphatic hydroxyl groups excluding tert-OH is 1. The van der Waals surface area contributed by atoms with Crippen molar-refractivity contribution in [1.82, 2.24) is 0 Å². The highest BCUT2D eigenvalue weighted by atomic mass is 16.6. The maximum Gasteiger partial charge on any atom is 0.246 e. The van der Waals surface area contributed by atoms with Crippen LogP contribution in [0.25, 0.3) is 0 Å². The van der Waals surface area contributed by atoms with Crippen molar-refractivity contribution >= 4 is 12.1 Å². The first-order chi connectivity index (χ1) is 6.81. The zero-order valence-corrected chi connectivity index (χ0v) is 7.93. The number of pyridine rings is 1. The minimum atomic E-state index is 0.0593. The normalized spacial score (nSPS) is 9.57. The van der Waals surface area contributed by atoms with Crippen LogP contribution < -0.4 is 14.9 Å². The van der Waals surface area contributed by atoms with Crippen LogP contribution in [0, 0.1) is 0 Å². The Kier molecular flexibility index (Phi) is 3.87. The second-order valence-corrected chi connectivity index (χ2v) is 2.65. The summed E-state index contributed by atoms with van der Waals surface area (Å²) in [5.74, 6) is 0. The minimum absolute atomic E-state index is 0.0593. The number of nitrogens with one attached hydrogen (secondary N) is 1. The van der Waals surface area contributed by atoms with E-state index in [9.17, 15) is 4.79 Å². The summed E-state index contributed by atoms with van der Waals surface area (Å²) in [6.07, 6.45) is 2.75. The molecule has 1 aromatic heterocycles. The molecule has 2 N–H and O–H groups in total. The molecule has 5 nitrogen and oxygen atoms in total. The highest BCUT2D eigenvalue weighted by molar-refractivity contribution is 5.69. The van der Waals surface area contributed by atoms with Crippen molar-refractivity contribution in [3.63, 3.8) is 0 Å². The van der Waals surface area contributed by atoms with Crippen molar-refractivity contribution in [3.05, 3.63) is 24.0 Å². The number of hydrogen-bond acceptors (Lipinski definition) is 3. The van der Waals surface area contributed by atoms with Crippen molar-refractivity contribution in [2.75, 3.05) is 19.0 Å². The molecule has 1 aromatic rings. The lowest BCUT2D eigenvalue weighted by molar-refractivity contribution is -0.890. The van der Waals surface area contributed by atoms with Crippen molar-refractivity contribution < 1.29 is 19.5 Å². The van der Waals surface area contributed by atoms with E-state index in [-0.39, 0.29) is 6.61 Å². The second kappa shape index (κ2) is 5.18. The fraction of sp³-hybridized carbons (Fsp3) is 0.333. The van der Waals surface area contributed by atoms with Gasteiger partial charge in [0.2, 0.25) is 18.3 Å². The molecule has 0 saturated heterocycles. The summed E-state index contributed by atoms with van der Waals surface area (Å²) < 4.78 is 1.50. The van der Waals surface area contributed by atoms with E-state index < -0.39 is 0 Å². The third-order valence-electron chi connectivity index (χ3n) is 1.78. The van der Waals surface area contributed by atoms with Crippen LogP contribution in [0.1, 0.15) is 5.69 Å². The Labute approximate surface area is 81.9 Å². The van der Waals surface area contributed by atoms with Crippen LogP contribution in [0.2, 0.25) is 0 Å². The van der Waals surface area contributed by atoms with Gasteiger partial charge in [0.1, 0.15) is 12.8 Å². The molecule has 76 valence electrons. The average molecular weight is 197 g/mol. The van der Waals surface area contributed by atoms with Gasteiger partial charge in [-0.2, -0.15) is 0 Å². The number of carbonyl (C=O) groups is 1. The van der Waals surface area contributed by atoms with E-state index in [2.05, 4.69) is 5.32 Å². The summed E-state index contributed by atoms with van der Waals surface area (Å²) in [5, 5.41) is 11.3. The molecule has 0 aliphatic heterocycles. The van der Waals surface area contributed by atoms with Gasteiger partial charge in [-0.25, -0.2) is 0 Å². The van der Waals surface area contributed by atoms with E-state index in [1.165, 1.54) is 11.8 Å². The lowest BCUT2D eigenvalue weighted by Crippen LogP contribution is -2.44. The van der Waals surface area contributed by atoms with Gasteiger partial charge in [0, 0.05) is 10.8 Å². The van der Waals surface area contributed by atoms with Crippen LogP contribution in [0.5, 0.6) is 0 Å². The molecule has 14 heavy (non-hydrogen) atoms. The monoisotopic (exact) mass is 197 g/mol. The van der Waals surface area contributed by atoms with E-state index in [0.717, 1.165) is 5.69 Å². The Morgan fingerprint density at radius 1 is 1.64 bits per heavy atom. The number of rotatable bonds is 5. The molecule has 0 saturated carbocycles. The van der Waals surface area contributed by atoms with Gasteiger partial charge in [-0.05, 0) is 6.07 Å². The number of nitrogens with zero attached hydrogens (tertiary/aromatic N) is 1. The summed E-state index contributed by atoms with van der Waals surface area (Å²) >= 11 is 0. The first-order valence-corrected chi connectivity index (χ1v) is 4.22. The summed E-state index contributed by atoms with van der Waals surface area (Å²) in [6, 6.07) is 3.53. The van der Waals surface area contributed by atoms with Crippen LogP contribution in [0.4, 0.5) is 5.69 Å². The Balaban J connectivity index is 2.92. The van der Waals surface area contributed by atoms with Crippen LogP contribution in [-0.2, 0) is 11.2 Å². The van der Waals surface area contributed by atoms with Gasteiger partial charge in [-0.15, -0.1) is 0 Å². The first-order valence-electron chi connectivity index (χ1n) is 4.22.